The fourth-order valence-electron chi connectivity index (χ4n) is 3.69. The minimum atomic E-state index is -0.343. The summed E-state index contributed by atoms with van der Waals surface area (Å²) in [6.07, 6.45) is 0.834. The Morgan fingerprint density at radius 3 is 2.64 bits per heavy atom. The van der Waals surface area contributed by atoms with Crippen molar-refractivity contribution in [2.75, 3.05) is 66.1 Å². The maximum Gasteiger partial charge on any atom is 0.253 e. The Morgan fingerprint density at radius 1 is 1.11 bits per heavy atom. The fraction of sp³-hybridized carbons (Fsp3) is 0.600. The summed E-state index contributed by atoms with van der Waals surface area (Å²) < 4.78 is 23.9. The van der Waals surface area contributed by atoms with Gasteiger partial charge in [0.25, 0.3) is 5.91 Å². The molecule has 3 rings (SSSR count). The predicted octanol–water partition coefficient (Wildman–Crippen LogP) is 0.847. The van der Waals surface area contributed by atoms with Gasteiger partial charge in [-0.2, -0.15) is 0 Å². The number of amides is 2. The van der Waals surface area contributed by atoms with Crippen LogP contribution in [0.15, 0.2) is 24.3 Å². The topological polar surface area (TPSA) is 62.3 Å². The van der Waals surface area contributed by atoms with Crippen LogP contribution in [0, 0.1) is 5.82 Å². The molecule has 0 spiro atoms. The number of morpholine rings is 1. The van der Waals surface area contributed by atoms with Gasteiger partial charge in [0.05, 0.1) is 12.7 Å². The number of benzene rings is 1. The standard InChI is InChI=1S/C20H28FN3O4/c1-27-15-19(25)24-11-12-28-18(14-24)13-22-7-2-8-23(10-9-22)20(26)16-3-5-17(21)6-4-16/h3-6,18H,2,7-15H2,1H3. The Hall–Kier alpha value is -2.03. The number of ether oxygens (including phenoxy) is 2. The molecule has 1 atom stereocenters. The minimum absolute atomic E-state index is 0.0114. The average molecular weight is 393 g/mol. The first-order valence-corrected chi connectivity index (χ1v) is 9.72. The summed E-state index contributed by atoms with van der Waals surface area (Å²) in [5.41, 5.74) is 0.512. The molecular formula is C20H28FN3O4. The number of rotatable bonds is 5. The van der Waals surface area contributed by atoms with Gasteiger partial charge in [0.2, 0.25) is 5.91 Å². The molecule has 8 heteroatoms. The predicted molar refractivity (Wildman–Crippen MR) is 102 cm³/mol. The lowest BCUT2D eigenvalue weighted by Crippen LogP contribution is -2.50. The van der Waals surface area contributed by atoms with Crippen molar-refractivity contribution in [2.45, 2.75) is 12.5 Å². The third-order valence-electron chi connectivity index (χ3n) is 5.19. The van der Waals surface area contributed by atoms with E-state index in [0.717, 1.165) is 26.1 Å². The molecule has 0 aromatic heterocycles. The van der Waals surface area contributed by atoms with Crippen LogP contribution >= 0.6 is 0 Å². The van der Waals surface area contributed by atoms with E-state index in [1.165, 1.54) is 31.4 Å². The first kappa shape index (κ1) is 20.7. The summed E-state index contributed by atoms with van der Waals surface area (Å²) in [5.74, 6) is -0.418. The molecule has 154 valence electrons. The van der Waals surface area contributed by atoms with E-state index in [4.69, 9.17) is 9.47 Å². The summed E-state index contributed by atoms with van der Waals surface area (Å²) in [6.45, 7) is 5.44. The average Bonchev–Trinajstić information content (AvgIpc) is 2.94. The lowest BCUT2D eigenvalue weighted by molar-refractivity contribution is -0.143. The summed E-state index contributed by atoms with van der Waals surface area (Å²) in [5, 5.41) is 0. The number of hydrogen-bond acceptors (Lipinski definition) is 5. The van der Waals surface area contributed by atoms with E-state index in [1.54, 1.807) is 4.90 Å². The normalized spacial score (nSPS) is 21.4. The molecule has 0 aliphatic carbocycles. The minimum Gasteiger partial charge on any atom is -0.375 e. The Balaban J connectivity index is 1.50. The highest BCUT2D eigenvalue weighted by Gasteiger charge is 2.27. The van der Waals surface area contributed by atoms with E-state index in [9.17, 15) is 14.0 Å². The summed E-state index contributed by atoms with van der Waals surface area (Å²) >= 11 is 0. The van der Waals surface area contributed by atoms with E-state index in [2.05, 4.69) is 4.90 Å². The summed E-state index contributed by atoms with van der Waals surface area (Å²) in [7, 11) is 1.52. The van der Waals surface area contributed by atoms with Crippen LogP contribution < -0.4 is 0 Å². The smallest absolute Gasteiger partial charge is 0.253 e. The van der Waals surface area contributed by atoms with Crippen LogP contribution in [0.25, 0.3) is 0 Å². The third-order valence-corrected chi connectivity index (χ3v) is 5.19. The van der Waals surface area contributed by atoms with Crippen LogP contribution in [0.3, 0.4) is 0 Å². The van der Waals surface area contributed by atoms with Crippen molar-refractivity contribution in [3.8, 4) is 0 Å². The van der Waals surface area contributed by atoms with Crippen molar-refractivity contribution in [1.29, 1.82) is 0 Å². The highest BCUT2D eigenvalue weighted by Crippen LogP contribution is 2.13. The molecule has 2 fully saturated rings. The quantitative estimate of drug-likeness (QED) is 0.742. The molecule has 2 aliphatic heterocycles. The molecule has 0 N–H and O–H groups in total. The van der Waals surface area contributed by atoms with Gasteiger partial charge in [-0.15, -0.1) is 0 Å². The van der Waals surface area contributed by atoms with E-state index in [0.29, 0.717) is 38.3 Å². The van der Waals surface area contributed by atoms with Gasteiger partial charge in [0, 0.05) is 51.9 Å². The van der Waals surface area contributed by atoms with Crippen LogP contribution in [0.2, 0.25) is 0 Å². The van der Waals surface area contributed by atoms with Gasteiger partial charge < -0.3 is 19.3 Å². The van der Waals surface area contributed by atoms with Crippen LogP contribution in [-0.4, -0.2) is 98.8 Å². The first-order valence-electron chi connectivity index (χ1n) is 9.72. The molecule has 2 saturated heterocycles. The molecule has 1 aromatic rings. The lowest BCUT2D eigenvalue weighted by atomic mass is 10.2. The maximum absolute atomic E-state index is 13.1. The third kappa shape index (κ3) is 5.50. The highest BCUT2D eigenvalue weighted by molar-refractivity contribution is 5.94. The molecule has 2 amide bonds. The van der Waals surface area contributed by atoms with Crippen molar-refractivity contribution in [2.24, 2.45) is 0 Å². The van der Waals surface area contributed by atoms with Crippen LogP contribution in [-0.2, 0) is 14.3 Å². The second-order valence-electron chi connectivity index (χ2n) is 7.22. The number of carbonyl (C=O) groups is 2. The molecule has 1 aromatic carbocycles. The van der Waals surface area contributed by atoms with Crippen LogP contribution in [0.4, 0.5) is 4.39 Å². The highest BCUT2D eigenvalue weighted by atomic mass is 19.1. The van der Waals surface area contributed by atoms with Gasteiger partial charge in [-0.05, 0) is 37.2 Å². The molecule has 2 heterocycles. The zero-order valence-corrected chi connectivity index (χ0v) is 16.3. The Kier molecular flexibility index (Phi) is 7.36. The second-order valence-corrected chi connectivity index (χ2v) is 7.22. The summed E-state index contributed by atoms with van der Waals surface area (Å²) in [4.78, 5) is 30.6. The number of methoxy groups -OCH3 is 1. The van der Waals surface area contributed by atoms with Crippen molar-refractivity contribution in [1.82, 2.24) is 14.7 Å². The van der Waals surface area contributed by atoms with Crippen molar-refractivity contribution >= 4 is 11.8 Å². The first-order chi connectivity index (χ1) is 13.6. The van der Waals surface area contributed by atoms with Gasteiger partial charge in [-0.3, -0.25) is 14.5 Å². The number of halogens is 1. The largest absolute Gasteiger partial charge is 0.375 e. The second kappa shape index (κ2) is 9.95. The number of carbonyl (C=O) groups excluding carboxylic acids is 2. The lowest BCUT2D eigenvalue weighted by Gasteiger charge is -2.35. The molecule has 2 aliphatic rings. The van der Waals surface area contributed by atoms with E-state index < -0.39 is 0 Å². The molecule has 28 heavy (non-hydrogen) atoms. The van der Waals surface area contributed by atoms with Crippen LogP contribution in [0.1, 0.15) is 16.8 Å². The monoisotopic (exact) mass is 393 g/mol. The fourth-order valence-corrected chi connectivity index (χ4v) is 3.69. The molecule has 0 bridgehead atoms. The number of nitrogens with zero attached hydrogens (tertiary/aromatic N) is 3. The Bertz CT molecular complexity index is 670. The van der Waals surface area contributed by atoms with Gasteiger partial charge in [-0.1, -0.05) is 0 Å². The van der Waals surface area contributed by atoms with Gasteiger partial charge in [0.15, 0.2) is 0 Å². The molecule has 7 nitrogen and oxygen atoms in total. The van der Waals surface area contributed by atoms with E-state index in [-0.39, 0.29) is 30.3 Å². The van der Waals surface area contributed by atoms with Crippen LogP contribution in [0.5, 0.6) is 0 Å². The van der Waals surface area contributed by atoms with Crippen molar-refractivity contribution in [3.63, 3.8) is 0 Å². The van der Waals surface area contributed by atoms with Gasteiger partial charge in [-0.25, -0.2) is 4.39 Å². The maximum atomic E-state index is 13.1. The van der Waals surface area contributed by atoms with Crippen molar-refractivity contribution in [3.05, 3.63) is 35.6 Å². The molecule has 0 radical (unpaired) electrons. The zero-order chi connectivity index (χ0) is 19.9. The molecule has 0 saturated carbocycles. The Labute approximate surface area is 165 Å². The SMILES string of the molecule is COCC(=O)N1CCOC(CN2CCCN(C(=O)c3ccc(F)cc3)CC2)C1. The van der Waals surface area contributed by atoms with Gasteiger partial charge in [0.1, 0.15) is 12.4 Å². The van der Waals surface area contributed by atoms with E-state index in [1.807, 2.05) is 4.90 Å². The number of hydrogen-bond donors (Lipinski definition) is 0. The van der Waals surface area contributed by atoms with E-state index >= 15 is 0 Å². The van der Waals surface area contributed by atoms with Crippen molar-refractivity contribution < 1.29 is 23.5 Å². The summed E-state index contributed by atoms with van der Waals surface area (Å²) in [6, 6.07) is 5.69. The molecular weight excluding hydrogens is 365 g/mol. The zero-order valence-electron chi connectivity index (χ0n) is 16.3. The van der Waals surface area contributed by atoms with Gasteiger partial charge >= 0.3 is 0 Å². The Morgan fingerprint density at radius 2 is 1.89 bits per heavy atom. The molecule has 1 unspecified atom stereocenters.